The number of fused-ring (bicyclic) bond motifs is 1. The fourth-order valence-corrected chi connectivity index (χ4v) is 5.92. The predicted octanol–water partition coefficient (Wildman–Crippen LogP) is 6.34. The molecule has 0 N–H and O–H groups in total. The number of amides is 2. The summed E-state index contributed by atoms with van der Waals surface area (Å²) in [6.07, 6.45) is 7.59. The van der Waals surface area contributed by atoms with Crippen LogP contribution in [0.4, 0.5) is 5.69 Å². The molecule has 1 aliphatic heterocycles. The largest absolute Gasteiger partial charge is 0.494 e. The van der Waals surface area contributed by atoms with E-state index in [0.717, 1.165) is 48.2 Å². The summed E-state index contributed by atoms with van der Waals surface area (Å²) in [5, 5.41) is 0. The second kappa shape index (κ2) is 14.7. The van der Waals surface area contributed by atoms with Gasteiger partial charge in [0.05, 0.1) is 25.3 Å². The van der Waals surface area contributed by atoms with E-state index < -0.39 is 0 Å². The molecule has 0 atom stereocenters. The molecule has 0 radical (unpaired) electrons. The van der Waals surface area contributed by atoms with Gasteiger partial charge in [-0.25, -0.2) is 4.79 Å². The molecule has 220 valence electrons. The highest BCUT2D eigenvalue weighted by molar-refractivity contribution is 5.96. The Morgan fingerprint density at radius 3 is 2.36 bits per heavy atom. The number of aryl methyl sites for hydroxylation is 1. The Morgan fingerprint density at radius 2 is 1.60 bits per heavy atom. The maximum Gasteiger partial charge on any atom is 0.338 e. The first-order valence-corrected chi connectivity index (χ1v) is 15.2. The molecule has 1 fully saturated rings. The van der Waals surface area contributed by atoms with Crippen LogP contribution in [0.2, 0.25) is 0 Å². The van der Waals surface area contributed by atoms with Crippen LogP contribution in [0.15, 0.2) is 78.9 Å². The van der Waals surface area contributed by atoms with Crippen LogP contribution < -0.4 is 9.64 Å². The topological polar surface area (TPSA) is 76.1 Å². The first-order chi connectivity index (χ1) is 20.6. The maximum atomic E-state index is 13.3. The lowest BCUT2D eigenvalue weighted by Gasteiger charge is -2.34. The molecule has 7 nitrogen and oxygen atoms in total. The summed E-state index contributed by atoms with van der Waals surface area (Å²) < 4.78 is 11.5. The number of carbonyl (C=O) groups excluding carboxylic acids is 3. The third-order valence-corrected chi connectivity index (χ3v) is 8.15. The Kier molecular flexibility index (Phi) is 10.3. The van der Waals surface area contributed by atoms with Crippen LogP contribution in [-0.2, 0) is 27.3 Å². The molecule has 2 amide bonds. The molecule has 3 aromatic carbocycles. The average molecular weight is 569 g/mol. The highest BCUT2D eigenvalue weighted by Crippen LogP contribution is 2.32. The lowest BCUT2D eigenvalue weighted by Crippen LogP contribution is -2.43. The molecular formula is C35H40N2O5. The SMILES string of the molecule is O=C(OCCN(C(=O)CCCOc1ccc2c(c1)CCC(=O)N2Cc1ccccc1)C1CCCCC1)c1ccccc1. The van der Waals surface area contributed by atoms with E-state index in [1.807, 2.05) is 76.5 Å². The first-order valence-electron chi connectivity index (χ1n) is 15.2. The van der Waals surface area contributed by atoms with E-state index in [9.17, 15) is 14.4 Å². The molecule has 0 saturated heterocycles. The standard InChI is InChI=1S/C35H40N2O5/c38-33(36(30-15-8-3-9-16-30)22-24-42-35(40)28-13-6-2-7-14-28)17-10-23-41-31-19-20-32-29(25-31)18-21-34(39)37(32)26-27-11-4-1-5-12-27/h1-2,4-7,11-14,19-20,25,30H,3,8-10,15-18,21-24,26H2. The molecule has 42 heavy (non-hydrogen) atoms. The van der Waals surface area contributed by atoms with Crippen molar-refractivity contribution in [1.29, 1.82) is 0 Å². The van der Waals surface area contributed by atoms with Crippen molar-refractivity contribution in [3.8, 4) is 5.75 Å². The fourth-order valence-electron chi connectivity index (χ4n) is 5.92. The summed E-state index contributed by atoms with van der Waals surface area (Å²) in [4.78, 5) is 42.1. The minimum Gasteiger partial charge on any atom is -0.494 e. The second-order valence-corrected chi connectivity index (χ2v) is 11.1. The molecular weight excluding hydrogens is 528 g/mol. The molecule has 0 spiro atoms. The Balaban J connectivity index is 1.12. The van der Waals surface area contributed by atoms with E-state index >= 15 is 0 Å². The van der Waals surface area contributed by atoms with Crippen LogP contribution in [0.5, 0.6) is 5.75 Å². The van der Waals surface area contributed by atoms with Crippen molar-refractivity contribution < 1.29 is 23.9 Å². The van der Waals surface area contributed by atoms with Gasteiger partial charge in [-0.1, -0.05) is 67.8 Å². The van der Waals surface area contributed by atoms with Crippen LogP contribution in [0.1, 0.15) is 72.9 Å². The van der Waals surface area contributed by atoms with Crippen molar-refractivity contribution in [2.24, 2.45) is 0 Å². The number of benzene rings is 3. The van der Waals surface area contributed by atoms with Crippen LogP contribution in [0.25, 0.3) is 0 Å². The molecule has 0 bridgehead atoms. The molecule has 0 aromatic heterocycles. The normalized spacial score (nSPS) is 15.1. The zero-order chi connectivity index (χ0) is 29.1. The predicted molar refractivity (Wildman–Crippen MR) is 162 cm³/mol. The van der Waals surface area contributed by atoms with Crippen LogP contribution in [0.3, 0.4) is 0 Å². The van der Waals surface area contributed by atoms with Crippen molar-refractivity contribution in [3.63, 3.8) is 0 Å². The molecule has 7 heteroatoms. The molecule has 5 rings (SSSR count). The lowest BCUT2D eigenvalue weighted by molar-refractivity contribution is -0.135. The Morgan fingerprint density at radius 1 is 0.857 bits per heavy atom. The Hall–Kier alpha value is -4.13. The number of ether oxygens (including phenoxy) is 2. The van der Waals surface area contributed by atoms with Gasteiger partial charge in [-0.3, -0.25) is 9.59 Å². The van der Waals surface area contributed by atoms with Gasteiger partial charge >= 0.3 is 5.97 Å². The van der Waals surface area contributed by atoms with Crippen molar-refractivity contribution >= 4 is 23.5 Å². The van der Waals surface area contributed by atoms with E-state index in [1.165, 1.54) is 6.42 Å². The van der Waals surface area contributed by atoms with Crippen LogP contribution >= 0.6 is 0 Å². The molecule has 1 heterocycles. The molecule has 1 saturated carbocycles. The maximum absolute atomic E-state index is 13.3. The monoisotopic (exact) mass is 568 g/mol. The average Bonchev–Trinajstić information content (AvgIpc) is 3.04. The van der Waals surface area contributed by atoms with Gasteiger partial charge < -0.3 is 19.3 Å². The number of nitrogens with zero attached hydrogens (tertiary/aromatic N) is 2. The number of esters is 1. The molecule has 3 aromatic rings. The number of carbonyl (C=O) groups is 3. The summed E-state index contributed by atoms with van der Waals surface area (Å²) in [6.45, 7) is 1.58. The van der Waals surface area contributed by atoms with Crippen molar-refractivity contribution in [2.45, 2.75) is 70.4 Å². The highest BCUT2D eigenvalue weighted by Gasteiger charge is 2.26. The number of rotatable bonds is 12. The third kappa shape index (κ3) is 7.78. The van der Waals surface area contributed by atoms with Gasteiger partial charge in [0, 0.05) is 24.6 Å². The zero-order valence-corrected chi connectivity index (χ0v) is 24.2. The van der Waals surface area contributed by atoms with E-state index in [4.69, 9.17) is 9.47 Å². The van der Waals surface area contributed by atoms with Crippen LogP contribution in [-0.4, -0.2) is 48.5 Å². The van der Waals surface area contributed by atoms with E-state index in [2.05, 4.69) is 0 Å². The summed E-state index contributed by atoms with van der Waals surface area (Å²) in [7, 11) is 0. The van der Waals surface area contributed by atoms with Crippen molar-refractivity contribution in [3.05, 3.63) is 95.6 Å². The quantitative estimate of drug-likeness (QED) is 0.188. The van der Waals surface area contributed by atoms with Crippen LogP contribution in [0, 0.1) is 0 Å². The fraction of sp³-hybridized carbons (Fsp3) is 0.400. The zero-order valence-electron chi connectivity index (χ0n) is 24.2. The number of hydrogen-bond acceptors (Lipinski definition) is 5. The van der Waals surface area contributed by atoms with E-state index in [0.29, 0.717) is 50.9 Å². The second-order valence-electron chi connectivity index (χ2n) is 11.1. The molecule has 0 unspecified atom stereocenters. The molecule has 2 aliphatic rings. The lowest BCUT2D eigenvalue weighted by atomic mass is 9.94. The van der Waals surface area contributed by atoms with Gasteiger partial charge in [0.25, 0.3) is 0 Å². The number of hydrogen-bond donors (Lipinski definition) is 0. The Labute approximate surface area is 248 Å². The van der Waals surface area contributed by atoms with Crippen molar-refractivity contribution in [2.75, 3.05) is 24.7 Å². The summed E-state index contributed by atoms with van der Waals surface area (Å²) in [5.41, 5.74) is 3.66. The van der Waals surface area contributed by atoms with E-state index in [-0.39, 0.29) is 30.4 Å². The smallest absolute Gasteiger partial charge is 0.338 e. The highest BCUT2D eigenvalue weighted by atomic mass is 16.5. The molecule has 1 aliphatic carbocycles. The summed E-state index contributed by atoms with van der Waals surface area (Å²) >= 11 is 0. The van der Waals surface area contributed by atoms with E-state index in [1.54, 1.807) is 12.1 Å². The summed E-state index contributed by atoms with van der Waals surface area (Å²) in [5.74, 6) is 0.613. The van der Waals surface area contributed by atoms with Gasteiger partial charge in [-0.15, -0.1) is 0 Å². The van der Waals surface area contributed by atoms with Gasteiger partial charge in [0.15, 0.2) is 0 Å². The minimum atomic E-state index is -0.363. The third-order valence-electron chi connectivity index (χ3n) is 8.15. The Bertz CT molecular complexity index is 1340. The number of anilines is 1. The van der Waals surface area contributed by atoms with Gasteiger partial charge in [-0.05, 0) is 67.1 Å². The minimum absolute atomic E-state index is 0.0850. The van der Waals surface area contributed by atoms with Gasteiger partial charge in [0.2, 0.25) is 11.8 Å². The first kappa shape index (κ1) is 29.4. The van der Waals surface area contributed by atoms with Crippen molar-refractivity contribution in [1.82, 2.24) is 4.90 Å². The van der Waals surface area contributed by atoms with Gasteiger partial charge in [-0.2, -0.15) is 0 Å². The van der Waals surface area contributed by atoms with Gasteiger partial charge in [0.1, 0.15) is 12.4 Å². The summed E-state index contributed by atoms with van der Waals surface area (Å²) in [6, 6.07) is 25.1.